The maximum Gasteiger partial charge on any atom is 0.223 e. The summed E-state index contributed by atoms with van der Waals surface area (Å²) in [5, 5.41) is 0.648. The highest BCUT2D eigenvalue weighted by Crippen LogP contribution is 2.40. The first-order chi connectivity index (χ1) is 11.1. The third-order valence-corrected chi connectivity index (χ3v) is 4.57. The SMILES string of the molecule is CCC1CCN(C(C)=O)c2ccc(Oc3cccc(Cl)c3)cc21. The third-order valence-electron chi connectivity index (χ3n) is 4.34. The zero-order valence-corrected chi connectivity index (χ0v) is 14.1. The van der Waals surface area contributed by atoms with Crippen molar-refractivity contribution in [2.75, 3.05) is 11.4 Å². The number of rotatable bonds is 3. The maximum absolute atomic E-state index is 11.8. The van der Waals surface area contributed by atoms with Gasteiger partial charge in [-0.05, 0) is 60.7 Å². The minimum Gasteiger partial charge on any atom is -0.457 e. The first-order valence-electron chi connectivity index (χ1n) is 7.94. The fourth-order valence-electron chi connectivity index (χ4n) is 3.15. The third kappa shape index (κ3) is 3.35. The molecule has 0 aliphatic carbocycles. The summed E-state index contributed by atoms with van der Waals surface area (Å²) < 4.78 is 5.93. The minimum atomic E-state index is 0.0873. The molecule has 0 fully saturated rings. The van der Waals surface area contributed by atoms with Crippen molar-refractivity contribution in [3.63, 3.8) is 0 Å². The second-order valence-corrected chi connectivity index (χ2v) is 6.28. The van der Waals surface area contributed by atoms with E-state index in [2.05, 4.69) is 13.0 Å². The summed E-state index contributed by atoms with van der Waals surface area (Å²) in [5.74, 6) is 2.03. The number of hydrogen-bond donors (Lipinski definition) is 0. The van der Waals surface area contributed by atoms with Crippen LogP contribution in [0.25, 0.3) is 0 Å². The van der Waals surface area contributed by atoms with Gasteiger partial charge in [0.25, 0.3) is 0 Å². The molecule has 2 aromatic carbocycles. The van der Waals surface area contributed by atoms with E-state index in [1.165, 1.54) is 5.56 Å². The predicted octanol–water partition coefficient (Wildman–Crippen LogP) is 5.38. The molecule has 2 aromatic rings. The summed E-state index contributed by atoms with van der Waals surface area (Å²) in [5.41, 5.74) is 2.20. The van der Waals surface area contributed by atoms with Gasteiger partial charge >= 0.3 is 0 Å². The Morgan fingerprint density at radius 1 is 1.26 bits per heavy atom. The van der Waals surface area contributed by atoms with Gasteiger partial charge in [-0.3, -0.25) is 4.79 Å². The number of benzene rings is 2. The van der Waals surface area contributed by atoms with Crippen LogP contribution >= 0.6 is 11.6 Å². The van der Waals surface area contributed by atoms with Gasteiger partial charge in [0.15, 0.2) is 0 Å². The smallest absolute Gasteiger partial charge is 0.223 e. The molecule has 0 saturated carbocycles. The van der Waals surface area contributed by atoms with Gasteiger partial charge in [-0.2, -0.15) is 0 Å². The maximum atomic E-state index is 11.8. The van der Waals surface area contributed by atoms with E-state index < -0.39 is 0 Å². The molecule has 4 heteroatoms. The van der Waals surface area contributed by atoms with Crippen molar-refractivity contribution >= 4 is 23.2 Å². The topological polar surface area (TPSA) is 29.5 Å². The van der Waals surface area contributed by atoms with E-state index in [9.17, 15) is 4.79 Å². The molecule has 1 atom stereocenters. The highest BCUT2D eigenvalue weighted by Gasteiger charge is 2.26. The quantitative estimate of drug-likeness (QED) is 0.756. The first kappa shape index (κ1) is 15.9. The van der Waals surface area contributed by atoms with Crippen molar-refractivity contribution in [2.45, 2.75) is 32.6 Å². The summed E-state index contributed by atoms with van der Waals surface area (Å²) in [6, 6.07) is 13.3. The number of halogens is 1. The molecule has 1 unspecified atom stereocenters. The van der Waals surface area contributed by atoms with Crippen LogP contribution in [0.4, 0.5) is 5.69 Å². The van der Waals surface area contributed by atoms with E-state index >= 15 is 0 Å². The van der Waals surface area contributed by atoms with E-state index in [0.717, 1.165) is 30.8 Å². The number of hydrogen-bond acceptors (Lipinski definition) is 2. The van der Waals surface area contributed by atoms with Gasteiger partial charge < -0.3 is 9.64 Å². The molecule has 0 bridgehead atoms. The van der Waals surface area contributed by atoms with Gasteiger partial charge in [-0.1, -0.05) is 24.6 Å². The van der Waals surface area contributed by atoms with Crippen LogP contribution in [0.3, 0.4) is 0 Å². The molecule has 23 heavy (non-hydrogen) atoms. The summed E-state index contributed by atoms with van der Waals surface area (Å²) in [4.78, 5) is 13.7. The van der Waals surface area contributed by atoms with Crippen molar-refractivity contribution in [3.05, 3.63) is 53.1 Å². The summed E-state index contributed by atoms with van der Waals surface area (Å²) in [6.07, 6.45) is 2.04. The van der Waals surface area contributed by atoms with Crippen molar-refractivity contribution in [3.8, 4) is 11.5 Å². The second kappa shape index (κ2) is 6.63. The monoisotopic (exact) mass is 329 g/mol. The molecular formula is C19H20ClNO2. The standard InChI is InChI=1S/C19H20ClNO2/c1-3-14-9-10-21(13(2)22)19-8-7-17(12-18(14)19)23-16-6-4-5-15(20)11-16/h4-8,11-12,14H,3,9-10H2,1-2H3. The molecule has 0 spiro atoms. The average Bonchev–Trinajstić information content (AvgIpc) is 2.53. The lowest BCUT2D eigenvalue weighted by Gasteiger charge is -2.33. The van der Waals surface area contributed by atoms with Gasteiger partial charge in [0, 0.05) is 24.2 Å². The van der Waals surface area contributed by atoms with Crippen LogP contribution in [-0.4, -0.2) is 12.5 Å². The van der Waals surface area contributed by atoms with Crippen LogP contribution in [0.1, 0.15) is 38.2 Å². The molecule has 1 aliphatic heterocycles. The number of ether oxygens (including phenoxy) is 1. The molecule has 1 heterocycles. The van der Waals surface area contributed by atoms with E-state index in [0.29, 0.717) is 16.7 Å². The van der Waals surface area contributed by atoms with Gasteiger partial charge in [0.05, 0.1) is 0 Å². The Morgan fingerprint density at radius 2 is 2.04 bits per heavy atom. The molecule has 3 rings (SSSR count). The average molecular weight is 330 g/mol. The molecule has 0 aromatic heterocycles. The second-order valence-electron chi connectivity index (χ2n) is 5.84. The Morgan fingerprint density at radius 3 is 2.74 bits per heavy atom. The molecule has 0 saturated heterocycles. The lowest BCUT2D eigenvalue weighted by Crippen LogP contribution is -2.34. The van der Waals surface area contributed by atoms with Gasteiger partial charge in [-0.15, -0.1) is 0 Å². The summed E-state index contributed by atoms with van der Waals surface area (Å²) >= 11 is 6.00. The Labute approximate surface area is 141 Å². The molecule has 0 radical (unpaired) electrons. The van der Waals surface area contributed by atoms with E-state index in [4.69, 9.17) is 16.3 Å². The highest BCUT2D eigenvalue weighted by molar-refractivity contribution is 6.30. The van der Waals surface area contributed by atoms with Gasteiger partial charge in [0.2, 0.25) is 5.91 Å². The number of fused-ring (bicyclic) bond motifs is 1. The molecular weight excluding hydrogens is 310 g/mol. The molecule has 1 amide bonds. The van der Waals surface area contributed by atoms with Gasteiger partial charge in [0.1, 0.15) is 11.5 Å². The van der Waals surface area contributed by atoms with Crippen molar-refractivity contribution < 1.29 is 9.53 Å². The van der Waals surface area contributed by atoms with Crippen LogP contribution in [0.5, 0.6) is 11.5 Å². The van der Waals surface area contributed by atoms with Crippen LogP contribution in [-0.2, 0) is 4.79 Å². The number of carbonyl (C=O) groups excluding carboxylic acids is 1. The van der Waals surface area contributed by atoms with Crippen molar-refractivity contribution in [1.29, 1.82) is 0 Å². The van der Waals surface area contributed by atoms with Crippen LogP contribution < -0.4 is 9.64 Å². The van der Waals surface area contributed by atoms with Crippen molar-refractivity contribution in [1.82, 2.24) is 0 Å². The van der Waals surface area contributed by atoms with E-state index in [1.54, 1.807) is 13.0 Å². The lowest BCUT2D eigenvalue weighted by atomic mass is 9.88. The Balaban J connectivity index is 1.94. The fraction of sp³-hybridized carbons (Fsp3) is 0.316. The molecule has 1 aliphatic rings. The molecule has 120 valence electrons. The highest BCUT2D eigenvalue weighted by atomic mass is 35.5. The van der Waals surface area contributed by atoms with Crippen LogP contribution in [0, 0.1) is 0 Å². The minimum absolute atomic E-state index is 0.0873. The number of amides is 1. The number of anilines is 1. The van der Waals surface area contributed by atoms with Crippen LogP contribution in [0.15, 0.2) is 42.5 Å². The molecule has 3 nitrogen and oxygen atoms in total. The Bertz CT molecular complexity index is 729. The van der Waals surface area contributed by atoms with Crippen molar-refractivity contribution in [2.24, 2.45) is 0 Å². The normalized spacial score (nSPS) is 16.8. The van der Waals surface area contributed by atoms with E-state index in [1.807, 2.05) is 35.2 Å². The predicted molar refractivity (Wildman–Crippen MR) is 93.6 cm³/mol. The Hall–Kier alpha value is -2.00. The van der Waals surface area contributed by atoms with E-state index in [-0.39, 0.29) is 5.91 Å². The fourth-order valence-corrected chi connectivity index (χ4v) is 3.33. The largest absolute Gasteiger partial charge is 0.457 e. The summed E-state index contributed by atoms with van der Waals surface area (Å²) in [6.45, 7) is 4.59. The van der Waals surface area contributed by atoms with Crippen LogP contribution in [0.2, 0.25) is 5.02 Å². The zero-order valence-electron chi connectivity index (χ0n) is 13.4. The van der Waals surface area contributed by atoms with Gasteiger partial charge in [-0.25, -0.2) is 0 Å². The molecule has 0 N–H and O–H groups in total. The lowest BCUT2D eigenvalue weighted by molar-refractivity contribution is -0.116. The Kier molecular flexibility index (Phi) is 4.58. The zero-order chi connectivity index (χ0) is 16.4. The number of nitrogens with zero attached hydrogens (tertiary/aromatic N) is 1. The number of carbonyl (C=O) groups is 1. The first-order valence-corrected chi connectivity index (χ1v) is 8.31. The summed E-state index contributed by atoms with van der Waals surface area (Å²) in [7, 11) is 0.